The van der Waals surface area contributed by atoms with Crippen molar-refractivity contribution in [3.63, 3.8) is 0 Å². The summed E-state index contributed by atoms with van der Waals surface area (Å²) in [5, 5.41) is 3.84. The highest BCUT2D eigenvalue weighted by atomic mass is 32.2. The van der Waals surface area contributed by atoms with E-state index in [1.807, 2.05) is 36.4 Å². The fraction of sp³-hybridized carbons (Fsp3) is 0.533. The van der Waals surface area contributed by atoms with E-state index in [-0.39, 0.29) is 25.8 Å². The summed E-state index contributed by atoms with van der Waals surface area (Å²) >= 11 is 0. The number of fused-ring (bicyclic) bond motifs is 5. The van der Waals surface area contributed by atoms with Crippen LogP contribution in [0.2, 0.25) is 0 Å². The van der Waals surface area contributed by atoms with E-state index in [2.05, 4.69) is 10.0 Å². The van der Waals surface area contributed by atoms with E-state index in [0.717, 1.165) is 29.3 Å². The van der Waals surface area contributed by atoms with Crippen LogP contribution in [0.3, 0.4) is 0 Å². The molecule has 2 N–H and O–H groups in total. The minimum atomic E-state index is -4.02. The van der Waals surface area contributed by atoms with Crippen LogP contribution >= 0.6 is 0 Å². The monoisotopic (exact) mass is 828 g/mol. The number of hydrogen-bond donors (Lipinski definition) is 2. The van der Waals surface area contributed by atoms with Crippen LogP contribution in [-0.4, -0.2) is 76.1 Å². The molecule has 5 aliphatic rings. The quantitative estimate of drug-likeness (QED) is 0.210. The third kappa shape index (κ3) is 8.08. The van der Waals surface area contributed by atoms with Gasteiger partial charge < -0.3 is 19.7 Å². The molecule has 59 heavy (non-hydrogen) atoms. The molecule has 2 saturated carbocycles. The van der Waals surface area contributed by atoms with Crippen molar-refractivity contribution in [2.24, 2.45) is 11.8 Å². The molecule has 1 aromatic heterocycles. The van der Waals surface area contributed by atoms with Crippen molar-refractivity contribution in [1.82, 2.24) is 19.9 Å². The maximum Gasteiger partial charge on any atom is 0.307 e. The van der Waals surface area contributed by atoms with Crippen molar-refractivity contribution in [2.75, 3.05) is 6.54 Å². The molecule has 0 radical (unpaired) electrons. The number of esters is 1. The average molecular weight is 829 g/mol. The highest BCUT2D eigenvalue weighted by Gasteiger charge is 2.64. The summed E-state index contributed by atoms with van der Waals surface area (Å²) < 4.78 is 55.2. The molecule has 0 bridgehead atoms. The lowest BCUT2D eigenvalue weighted by Gasteiger charge is -2.37. The number of rotatable bonds is 6. The number of aromatic nitrogens is 1. The van der Waals surface area contributed by atoms with E-state index in [0.29, 0.717) is 62.0 Å². The first-order valence-corrected chi connectivity index (χ1v) is 22.3. The topological polar surface area (TPSA) is 161 Å². The minimum absolute atomic E-state index is 0.00113. The minimum Gasteiger partial charge on any atom is -0.483 e. The van der Waals surface area contributed by atoms with Crippen molar-refractivity contribution in [1.29, 1.82) is 0 Å². The van der Waals surface area contributed by atoms with Gasteiger partial charge in [0, 0.05) is 34.8 Å². The number of nitrogens with zero attached hydrogens (tertiary/aromatic N) is 2. The number of halogens is 1. The third-order valence-electron chi connectivity index (χ3n) is 12.8. The summed E-state index contributed by atoms with van der Waals surface area (Å²) in [6, 6.07) is 12.6. The Morgan fingerprint density at radius 3 is 2.58 bits per heavy atom. The Morgan fingerprint density at radius 2 is 1.83 bits per heavy atom. The van der Waals surface area contributed by atoms with Gasteiger partial charge in [0.1, 0.15) is 40.0 Å². The summed E-state index contributed by atoms with van der Waals surface area (Å²) in [5.41, 5.74) is -0.850. The zero-order chi connectivity index (χ0) is 42.0. The van der Waals surface area contributed by atoms with Crippen LogP contribution in [0.15, 0.2) is 60.7 Å². The van der Waals surface area contributed by atoms with E-state index in [1.54, 1.807) is 39.8 Å². The molecular formula is C45H53FN4O8S. The lowest BCUT2D eigenvalue weighted by molar-refractivity contribution is -0.159. The van der Waals surface area contributed by atoms with Gasteiger partial charge in [0.25, 0.3) is 5.91 Å². The SMILES string of the molecule is CC(C)(C)OC(=O)C[C@H]1CCCCC/C=C\[C@@H]2C[C@@]2(C(=O)NS(=O)(=O)C2(C)CC2)NC(=O)[C@@H]2C[C@@]3(CCc4c(c(-c5cccc(F)c5)nc5ccccc45)O3)CN2C1=O. The predicted octanol–water partition coefficient (Wildman–Crippen LogP) is 6.45. The van der Waals surface area contributed by atoms with Crippen LogP contribution in [0.1, 0.15) is 104 Å². The average Bonchev–Trinajstić information content (AvgIpc) is 4.07. The van der Waals surface area contributed by atoms with Crippen molar-refractivity contribution in [3.8, 4) is 17.0 Å². The Kier molecular flexibility index (Phi) is 10.4. The normalized spacial score (nSPS) is 28.5. The third-order valence-corrected chi connectivity index (χ3v) is 14.9. The first-order chi connectivity index (χ1) is 27.9. The Morgan fingerprint density at radius 1 is 1.05 bits per heavy atom. The van der Waals surface area contributed by atoms with Crippen LogP contribution in [-0.2, 0) is 40.4 Å². The van der Waals surface area contributed by atoms with E-state index >= 15 is 0 Å². The molecule has 12 nitrogen and oxygen atoms in total. The summed E-state index contributed by atoms with van der Waals surface area (Å²) in [6.07, 6.45) is 9.03. The van der Waals surface area contributed by atoms with Crippen LogP contribution in [0, 0.1) is 17.7 Å². The number of allylic oxidation sites excluding steroid dienone is 1. The molecular weight excluding hydrogens is 776 g/mol. The number of nitrogens with one attached hydrogen (secondary N) is 2. The predicted molar refractivity (Wildman–Crippen MR) is 219 cm³/mol. The number of carbonyl (C=O) groups excluding carboxylic acids is 4. The maximum atomic E-state index is 15.0. The molecule has 4 heterocycles. The zero-order valence-corrected chi connectivity index (χ0v) is 35.0. The highest BCUT2D eigenvalue weighted by molar-refractivity contribution is 7.91. The molecule has 2 aliphatic carbocycles. The van der Waals surface area contributed by atoms with Gasteiger partial charge in [-0.1, -0.05) is 55.3 Å². The number of aryl methyl sites for hydroxylation is 1. The van der Waals surface area contributed by atoms with Gasteiger partial charge in [0.05, 0.1) is 23.2 Å². The Bertz CT molecular complexity index is 2360. The smallest absolute Gasteiger partial charge is 0.307 e. The van der Waals surface area contributed by atoms with E-state index in [1.165, 1.54) is 17.0 Å². The number of benzene rings is 2. The van der Waals surface area contributed by atoms with Gasteiger partial charge in [-0.3, -0.25) is 23.9 Å². The molecule has 8 rings (SSSR count). The van der Waals surface area contributed by atoms with Gasteiger partial charge in [-0.15, -0.1) is 0 Å². The van der Waals surface area contributed by atoms with Crippen LogP contribution < -0.4 is 14.8 Å². The van der Waals surface area contributed by atoms with Crippen molar-refractivity contribution in [3.05, 3.63) is 72.1 Å². The second-order valence-corrected chi connectivity index (χ2v) is 20.7. The molecule has 3 aliphatic heterocycles. The van der Waals surface area contributed by atoms with Gasteiger partial charge in [-0.25, -0.2) is 17.8 Å². The molecule has 2 aromatic carbocycles. The van der Waals surface area contributed by atoms with Crippen LogP contribution in [0.4, 0.5) is 4.39 Å². The maximum absolute atomic E-state index is 15.0. The zero-order valence-electron chi connectivity index (χ0n) is 34.1. The van der Waals surface area contributed by atoms with E-state index in [4.69, 9.17) is 14.5 Å². The second kappa shape index (κ2) is 15.0. The fourth-order valence-corrected chi connectivity index (χ4v) is 10.3. The number of sulfonamides is 1. The molecule has 3 fully saturated rings. The van der Waals surface area contributed by atoms with Crippen molar-refractivity contribution >= 4 is 44.6 Å². The van der Waals surface area contributed by atoms with Crippen LogP contribution in [0.25, 0.3) is 22.2 Å². The van der Waals surface area contributed by atoms with Gasteiger partial charge in [0.2, 0.25) is 21.8 Å². The van der Waals surface area contributed by atoms with Gasteiger partial charge in [-0.05, 0) is 97.3 Å². The molecule has 5 atom stereocenters. The van der Waals surface area contributed by atoms with Gasteiger partial charge in [0.15, 0.2) is 0 Å². The number of carbonyl (C=O) groups is 4. The number of amides is 3. The molecule has 1 saturated heterocycles. The van der Waals surface area contributed by atoms with E-state index < -0.39 is 78.9 Å². The lowest BCUT2D eigenvalue weighted by atomic mass is 9.86. The number of hydrogen-bond acceptors (Lipinski definition) is 9. The van der Waals surface area contributed by atoms with E-state index in [9.17, 15) is 32.0 Å². The summed E-state index contributed by atoms with van der Waals surface area (Å²) in [5.74, 6) is -3.57. The van der Waals surface area contributed by atoms with Crippen molar-refractivity contribution in [2.45, 2.75) is 132 Å². The highest BCUT2D eigenvalue weighted by Crippen LogP contribution is 2.50. The first kappa shape index (κ1) is 40.9. The molecule has 0 unspecified atom stereocenters. The second-order valence-electron chi connectivity index (χ2n) is 18.5. The number of pyridine rings is 1. The number of para-hydroxylation sites is 1. The van der Waals surface area contributed by atoms with Crippen LogP contribution in [0.5, 0.6) is 5.75 Å². The standard InChI is InChI=1S/C45H53FN4O8S/c1-42(2,3)57-36(51)24-29-13-8-6-5-7-9-15-30-25-45(30,41(54)49-59(55,56)43(4)21-22-43)48-39(52)35-26-44(27-50(35)40(29)53)20-19-33-32-17-10-11-18-34(32)47-37(38(33)58-44)28-14-12-16-31(46)23-28/h9-12,14-18,23,29-30,35H,5-8,13,19-22,24-27H2,1-4H3,(H,48,52)(H,49,54)/b15-9-/t29-,30-,35+,44+,45-/m1/s1. The van der Waals surface area contributed by atoms with Gasteiger partial charge >= 0.3 is 5.97 Å². The number of ether oxygens (including phenoxy) is 2. The molecule has 314 valence electrons. The Balaban J connectivity index is 1.18. The molecule has 3 amide bonds. The summed E-state index contributed by atoms with van der Waals surface area (Å²) in [7, 11) is -4.02. The fourth-order valence-electron chi connectivity index (χ4n) is 9.03. The lowest BCUT2D eigenvalue weighted by Crippen LogP contribution is -2.57. The van der Waals surface area contributed by atoms with Gasteiger partial charge in [-0.2, -0.15) is 0 Å². The van der Waals surface area contributed by atoms with Crippen molar-refractivity contribution < 1.29 is 41.5 Å². The molecule has 14 heteroatoms. The largest absolute Gasteiger partial charge is 0.483 e. The summed E-state index contributed by atoms with van der Waals surface area (Å²) in [6.45, 7) is 6.89. The Hall–Kier alpha value is -4.85. The molecule has 1 spiro atoms. The summed E-state index contributed by atoms with van der Waals surface area (Å²) in [4.78, 5) is 63.6. The Labute approximate surface area is 344 Å². The molecule has 3 aromatic rings. The first-order valence-electron chi connectivity index (χ1n) is 20.9.